The minimum absolute atomic E-state index is 0.749. The Labute approximate surface area is 95.1 Å². The molecule has 0 unspecified atom stereocenters. The minimum atomic E-state index is -1.89. The van der Waals surface area contributed by atoms with Gasteiger partial charge in [-0.25, -0.2) is 0 Å². The predicted molar refractivity (Wildman–Crippen MR) is 67.9 cm³/mol. The molecule has 0 spiro atoms. The lowest BCUT2D eigenvalue weighted by atomic mass is 10.4. The lowest BCUT2D eigenvalue weighted by Crippen LogP contribution is -2.38. The fourth-order valence-electron chi connectivity index (χ4n) is 1.50. The third-order valence-electron chi connectivity index (χ3n) is 2.12. The summed E-state index contributed by atoms with van der Waals surface area (Å²) in [6, 6.07) is 1.03. The molecule has 0 bridgehead atoms. The molecule has 0 aliphatic carbocycles. The topological polar surface area (TPSA) is 30.8 Å². The molecule has 0 amide bonds. The van der Waals surface area contributed by atoms with Crippen molar-refractivity contribution in [2.75, 3.05) is 19.8 Å². The molecule has 0 aromatic carbocycles. The molecule has 3 nitrogen and oxygen atoms in total. The maximum atomic E-state index is 5.75. The van der Waals surface area contributed by atoms with Crippen molar-refractivity contribution < 1.29 is 8.85 Å². The van der Waals surface area contributed by atoms with Crippen LogP contribution in [0.3, 0.4) is 0 Å². The first-order chi connectivity index (χ1) is 7.04. The number of hydrogen-bond donors (Lipinski definition) is 0. The van der Waals surface area contributed by atoms with Gasteiger partial charge in [-0.1, -0.05) is 0 Å². The summed E-state index contributed by atoms with van der Waals surface area (Å²) in [5.74, 6) is 0. The Kier molecular flexibility index (Phi) is 7.91. The van der Waals surface area contributed by atoms with Crippen LogP contribution in [0.25, 0.3) is 0 Å². The first-order valence-corrected chi connectivity index (χ1v) is 8.32. The highest BCUT2D eigenvalue weighted by atomic mass is 28.4. The van der Waals surface area contributed by atoms with Gasteiger partial charge in [-0.2, -0.15) is 0 Å². The van der Waals surface area contributed by atoms with Gasteiger partial charge in [0.15, 0.2) is 0 Å². The second-order valence-corrected chi connectivity index (χ2v) is 7.28. The summed E-state index contributed by atoms with van der Waals surface area (Å²) in [5, 5.41) is 0. The van der Waals surface area contributed by atoms with Crippen LogP contribution >= 0.6 is 0 Å². The van der Waals surface area contributed by atoms with Gasteiger partial charge in [0.2, 0.25) is 0 Å². The molecule has 0 heterocycles. The van der Waals surface area contributed by atoms with E-state index in [1.165, 1.54) is 0 Å². The first-order valence-electron chi connectivity index (χ1n) is 5.79. The van der Waals surface area contributed by atoms with Crippen LogP contribution in [-0.2, 0) is 8.85 Å². The molecule has 0 aromatic rings. The summed E-state index contributed by atoms with van der Waals surface area (Å²) in [7, 11) is -1.89. The summed E-state index contributed by atoms with van der Waals surface area (Å²) < 4.78 is 11.5. The quantitative estimate of drug-likeness (QED) is 0.365. The molecule has 90 valence electrons. The Morgan fingerprint density at radius 1 is 1.13 bits per heavy atom. The molecule has 0 aliphatic rings. The molecule has 15 heavy (non-hydrogen) atoms. The van der Waals surface area contributed by atoms with Gasteiger partial charge >= 0.3 is 8.56 Å². The zero-order valence-corrected chi connectivity index (χ0v) is 11.8. The highest BCUT2D eigenvalue weighted by Crippen LogP contribution is 2.15. The number of nitrogens with zero attached hydrogens (tertiary/aromatic N) is 1. The molecule has 0 atom stereocenters. The van der Waals surface area contributed by atoms with E-state index in [0.717, 1.165) is 37.9 Å². The lowest BCUT2D eigenvalue weighted by Gasteiger charge is -2.25. The molecule has 0 saturated heterocycles. The fraction of sp³-hybridized carbons (Fsp3) is 0.909. The summed E-state index contributed by atoms with van der Waals surface area (Å²) in [6.45, 7) is 12.6. The van der Waals surface area contributed by atoms with Crippen LogP contribution in [0.4, 0.5) is 0 Å². The second kappa shape index (κ2) is 8.02. The summed E-state index contributed by atoms with van der Waals surface area (Å²) >= 11 is 0. The van der Waals surface area contributed by atoms with E-state index in [1.807, 2.05) is 27.7 Å². The van der Waals surface area contributed by atoms with Gasteiger partial charge in [0.1, 0.15) is 0 Å². The average Bonchev–Trinajstić information content (AvgIpc) is 2.13. The smallest absolute Gasteiger partial charge is 0.334 e. The zero-order chi connectivity index (χ0) is 11.7. The Morgan fingerprint density at radius 2 is 1.67 bits per heavy atom. The van der Waals surface area contributed by atoms with Gasteiger partial charge < -0.3 is 8.85 Å². The SMILES string of the molecule is CCO[Si](C)(CCCN=C(C)C)OCC. The summed E-state index contributed by atoms with van der Waals surface area (Å²) in [5.41, 5.74) is 1.14. The highest BCUT2D eigenvalue weighted by Gasteiger charge is 2.29. The number of aliphatic imine (C=N–C) groups is 1. The third kappa shape index (κ3) is 7.70. The molecule has 0 fully saturated rings. The first kappa shape index (κ1) is 14.8. The van der Waals surface area contributed by atoms with E-state index in [1.54, 1.807) is 0 Å². The van der Waals surface area contributed by atoms with Gasteiger partial charge in [-0.05, 0) is 46.7 Å². The van der Waals surface area contributed by atoms with Gasteiger partial charge in [0.05, 0.1) is 0 Å². The van der Waals surface area contributed by atoms with Gasteiger partial charge in [0, 0.05) is 25.5 Å². The molecular weight excluding hydrogens is 206 g/mol. The Morgan fingerprint density at radius 3 is 2.07 bits per heavy atom. The van der Waals surface area contributed by atoms with Crippen molar-refractivity contribution in [3.05, 3.63) is 0 Å². The zero-order valence-electron chi connectivity index (χ0n) is 10.8. The van der Waals surface area contributed by atoms with Gasteiger partial charge in [0.25, 0.3) is 0 Å². The van der Waals surface area contributed by atoms with E-state index >= 15 is 0 Å². The van der Waals surface area contributed by atoms with Gasteiger partial charge in [-0.3, -0.25) is 4.99 Å². The summed E-state index contributed by atoms with van der Waals surface area (Å²) in [6.07, 6.45) is 1.06. The molecule has 0 rings (SSSR count). The van der Waals surface area contributed by atoms with E-state index in [0.29, 0.717) is 0 Å². The molecule has 0 N–H and O–H groups in total. The summed E-state index contributed by atoms with van der Waals surface area (Å²) in [4.78, 5) is 4.38. The molecule has 0 aromatic heterocycles. The highest BCUT2D eigenvalue weighted by molar-refractivity contribution is 6.66. The minimum Gasteiger partial charge on any atom is -0.395 e. The van der Waals surface area contributed by atoms with Crippen molar-refractivity contribution in [2.24, 2.45) is 4.99 Å². The Bertz CT molecular complexity index is 185. The molecular formula is C11H25NO2Si. The van der Waals surface area contributed by atoms with Gasteiger partial charge in [-0.15, -0.1) is 0 Å². The lowest BCUT2D eigenvalue weighted by molar-refractivity contribution is 0.188. The third-order valence-corrected chi connectivity index (χ3v) is 5.18. The van der Waals surface area contributed by atoms with E-state index in [4.69, 9.17) is 8.85 Å². The molecule has 0 saturated carbocycles. The Hall–Kier alpha value is -0.193. The standard InChI is InChI=1S/C11H25NO2Si/c1-6-13-15(5,14-7-2)10-8-9-12-11(3)4/h6-10H2,1-5H3. The van der Waals surface area contributed by atoms with Crippen LogP contribution in [0, 0.1) is 0 Å². The predicted octanol–water partition coefficient (Wildman–Crippen LogP) is 3.00. The molecule has 0 aliphatic heterocycles. The average molecular weight is 231 g/mol. The maximum Gasteiger partial charge on any atom is 0.334 e. The van der Waals surface area contributed by atoms with Crippen LogP contribution in [-0.4, -0.2) is 34.0 Å². The normalized spacial score (nSPS) is 11.5. The van der Waals surface area contributed by atoms with E-state index in [-0.39, 0.29) is 0 Å². The van der Waals surface area contributed by atoms with Crippen molar-refractivity contribution in [1.29, 1.82) is 0 Å². The van der Waals surface area contributed by atoms with Crippen LogP contribution in [0.5, 0.6) is 0 Å². The fourth-order valence-corrected chi connectivity index (χ4v) is 3.89. The van der Waals surface area contributed by atoms with Crippen molar-refractivity contribution in [1.82, 2.24) is 0 Å². The van der Waals surface area contributed by atoms with E-state index in [2.05, 4.69) is 11.5 Å². The number of rotatable bonds is 8. The Balaban J connectivity index is 3.90. The molecule has 4 heteroatoms. The van der Waals surface area contributed by atoms with Crippen molar-refractivity contribution in [3.63, 3.8) is 0 Å². The van der Waals surface area contributed by atoms with Crippen molar-refractivity contribution in [3.8, 4) is 0 Å². The maximum absolute atomic E-state index is 5.75. The monoisotopic (exact) mass is 231 g/mol. The van der Waals surface area contributed by atoms with Crippen LogP contribution < -0.4 is 0 Å². The van der Waals surface area contributed by atoms with Crippen LogP contribution in [0.15, 0.2) is 4.99 Å². The van der Waals surface area contributed by atoms with Crippen molar-refractivity contribution >= 4 is 14.3 Å². The van der Waals surface area contributed by atoms with E-state index in [9.17, 15) is 0 Å². The van der Waals surface area contributed by atoms with Crippen molar-refractivity contribution in [2.45, 2.75) is 46.7 Å². The van der Waals surface area contributed by atoms with Crippen LogP contribution in [0.2, 0.25) is 12.6 Å². The largest absolute Gasteiger partial charge is 0.395 e. The molecule has 0 radical (unpaired) electrons. The second-order valence-electron chi connectivity index (χ2n) is 3.93. The number of hydrogen-bond acceptors (Lipinski definition) is 3. The van der Waals surface area contributed by atoms with E-state index < -0.39 is 8.56 Å². The van der Waals surface area contributed by atoms with Crippen LogP contribution in [0.1, 0.15) is 34.1 Å².